The van der Waals surface area contributed by atoms with Crippen LogP contribution in [0.15, 0.2) is 67.1 Å². The highest BCUT2D eigenvalue weighted by molar-refractivity contribution is 5.99. The molecule has 7 nitrogen and oxygen atoms in total. The summed E-state index contributed by atoms with van der Waals surface area (Å²) in [4.78, 5) is 12.6. The monoisotopic (exact) mass is 409 g/mol. The summed E-state index contributed by atoms with van der Waals surface area (Å²) in [6.07, 6.45) is 5.37. The van der Waals surface area contributed by atoms with Crippen LogP contribution in [0.2, 0.25) is 0 Å². The van der Waals surface area contributed by atoms with Crippen molar-refractivity contribution in [3.63, 3.8) is 0 Å². The summed E-state index contributed by atoms with van der Waals surface area (Å²) in [6, 6.07) is 14.3. The second-order valence-electron chi connectivity index (χ2n) is 7.35. The summed E-state index contributed by atoms with van der Waals surface area (Å²) in [5, 5.41) is 12.6. The van der Waals surface area contributed by atoms with Gasteiger partial charge >= 0.3 is 0 Å². The number of nitrogens with one attached hydrogen (secondary N) is 2. The molecule has 1 aromatic carbocycles. The Labute approximate surface area is 175 Å². The van der Waals surface area contributed by atoms with E-state index in [0.29, 0.717) is 17.0 Å². The molecule has 5 aromatic heterocycles. The van der Waals surface area contributed by atoms with E-state index in [-0.39, 0.29) is 5.82 Å². The average Bonchev–Trinajstić information content (AvgIpc) is 3.50. The number of nitrogens with zero attached hydrogens (tertiary/aromatic N) is 5. The van der Waals surface area contributed by atoms with Crippen molar-refractivity contribution in [1.29, 1.82) is 0 Å². The first-order valence-corrected chi connectivity index (χ1v) is 9.74. The number of rotatable bonds is 3. The number of benzene rings is 1. The van der Waals surface area contributed by atoms with E-state index in [4.69, 9.17) is 4.98 Å². The van der Waals surface area contributed by atoms with Gasteiger partial charge in [-0.05, 0) is 36.4 Å². The Bertz CT molecular complexity index is 1570. The van der Waals surface area contributed by atoms with Crippen molar-refractivity contribution in [1.82, 2.24) is 34.9 Å². The average molecular weight is 409 g/mol. The first kappa shape index (κ1) is 17.5. The van der Waals surface area contributed by atoms with Gasteiger partial charge in [0, 0.05) is 41.5 Å². The van der Waals surface area contributed by atoms with Crippen molar-refractivity contribution in [3.8, 4) is 33.9 Å². The van der Waals surface area contributed by atoms with E-state index in [0.717, 1.165) is 38.9 Å². The van der Waals surface area contributed by atoms with Gasteiger partial charge in [0.1, 0.15) is 17.0 Å². The fraction of sp³-hybridized carbons (Fsp3) is 0.0435. The molecule has 150 valence electrons. The number of fused-ring (bicyclic) bond motifs is 2. The molecule has 6 rings (SSSR count). The van der Waals surface area contributed by atoms with E-state index in [1.165, 1.54) is 6.07 Å². The minimum absolute atomic E-state index is 0.307. The molecule has 0 aliphatic rings. The van der Waals surface area contributed by atoms with Crippen LogP contribution in [0.1, 0.15) is 0 Å². The van der Waals surface area contributed by atoms with Crippen molar-refractivity contribution >= 4 is 21.9 Å². The molecule has 31 heavy (non-hydrogen) atoms. The molecular weight excluding hydrogens is 393 g/mol. The van der Waals surface area contributed by atoms with Crippen LogP contribution >= 0.6 is 0 Å². The minimum Gasteiger partial charge on any atom is -0.353 e. The van der Waals surface area contributed by atoms with Crippen molar-refractivity contribution < 1.29 is 4.39 Å². The molecule has 0 unspecified atom stereocenters. The number of hydrogen-bond donors (Lipinski definition) is 2. The maximum Gasteiger partial charge on any atom is 0.135 e. The lowest BCUT2D eigenvalue weighted by Gasteiger charge is -2.03. The second-order valence-corrected chi connectivity index (χ2v) is 7.35. The molecular formula is C23H16FN7. The Morgan fingerprint density at radius 3 is 2.74 bits per heavy atom. The summed E-state index contributed by atoms with van der Waals surface area (Å²) in [5.41, 5.74) is 6.68. The van der Waals surface area contributed by atoms with E-state index in [2.05, 4.69) is 25.3 Å². The number of aryl methyl sites for hydroxylation is 1. The largest absolute Gasteiger partial charge is 0.353 e. The highest BCUT2D eigenvalue weighted by Crippen LogP contribution is 2.33. The van der Waals surface area contributed by atoms with Crippen LogP contribution in [0, 0.1) is 5.82 Å². The number of aromatic nitrogens is 7. The van der Waals surface area contributed by atoms with Crippen molar-refractivity contribution in [2.75, 3.05) is 0 Å². The first-order valence-electron chi connectivity index (χ1n) is 9.74. The number of H-pyrrole nitrogens is 2. The molecule has 6 aromatic rings. The van der Waals surface area contributed by atoms with E-state index >= 15 is 0 Å². The van der Waals surface area contributed by atoms with Crippen LogP contribution < -0.4 is 0 Å². The highest BCUT2D eigenvalue weighted by Gasteiger charge is 2.17. The smallest absolute Gasteiger partial charge is 0.135 e. The Morgan fingerprint density at radius 1 is 1.00 bits per heavy atom. The van der Waals surface area contributed by atoms with Gasteiger partial charge in [-0.25, -0.2) is 9.37 Å². The fourth-order valence-electron chi connectivity index (χ4n) is 3.85. The Balaban J connectivity index is 1.52. The molecule has 0 amide bonds. The topological polar surface area (TPSA) is 88.1 Å². The fourth-order valence-corrected chi connectivity index (χ4v) is 3.85. The van der Waals surface area contributed by atoms with Crippen molar-refractivity contribution in [2.24, 2.45) is 7.05 Å². The van der Waals surface area contributed by atoms with Crippen LogP contribution in [0.4, 0.5) is 4.39 Å². The lowest BCUT2D eigenvalue weighted by molar-refractivity contribution is 0.631. The number of aromatic amines is 2. The molecule has 0 saturated heterocycles. The summed E-state index contributed by atoms with van der Waals surface area (Å²) >= 11 is 0. The minimum atomic E-state index is -0.307. The Kier molecular flexibility index (Phi) is 3.73. The van der Waals surface area contributed by atoms with Gasteiger partial charge in [-0.15, -0.1) is 0 Å². The molecule has 0 aliphatic carbocycles. The van der Waals surface area contributed by atoms with E-state index < -0.39 is 0 Å². The van der Waals surface area contributed by atoms with Gasteiger partial charge in [-0.1, -0.05) is 12.1 Å². The molecule has 8 heteroatoms. The predicted molar refractivity (Wildman–Crippen MR) is 117 cm³/mol. The summed E-state index contributed by atoms with van der Waals surface area (Å²) in [6.45, 7) is 0. The van der Waals surface area contributed by atoms with Gasteiger partial charge in [-0.2, -0.15) is 10.2 Å². The quantitative estimate of drug-likeness (QED) is 0.443. The van der Waals surface area contributed by atoms with Gasteiger partial charge in [-0.3, -0.25) is 14.8 Å². The predicted octanol–water partition coefficient (Wildman–Crippen LogP) is 4.71. The van der Waals surface area contributed by atoms with Gasteiger partial charge in [0.15, 0.2) is 0 Å². The molecule has 2 N–H and O–H groups in total. The standard InChI is InChI=1S/C23H16FN7/c1-31-12-13(11-26-31)17-6-7-19-22(28-17)23(30-29-19)20-10-15-18(27-20)8-9-25-21(15)14-4-2-3-5-16(14)24/h2-12,27H,1H3,(H,29,30). The molecule has 0 aliphatic heterocycles. The van der Waals surface area contributed by atoms with Gasteiger partial charge in [0.25, 0.3) is 0 Å². The zero-order chi connectivity index (χ0) is 20.9. The van der Waals surface area contributed by atoms with E-state index in [1.54, 1.807) is 35.3 Å². The van der Waals surface area contributed by atoms with Crippen LogP contribution in [-0.4, -0.2) is 34.9 Å². The second kappa shape index (κ2) is 6.60. The van der Waals surface area contributed by atoms with Crippen LogP contribution in [0.3, 0.4) is 0 Å². The van der Waals surface area contributed by atoms with Gasteiger partial charge < -0.3 is 4.98 Å². The maximum atomic E-state index is 14.4. The van der Waals surface area contributed by atoms with Crippen molar-refractivity contribution in [3.05, 3.63) is 72.9 Å². The van der Waals surface area contributed by atoms with Gasteiger partial charge in [0.2, 0.25) is 0 Å². The van der Waals surface area contributed by atoms with E-state index in [1.807, 2.05) is 37.5 Å². The van der Waals surface area contributed by atoms with Crippen LogP contribution in [-0.2, 0) is 7.05 Å². The molecule has 0 atom stereocenters. The lowest BCUT2D eigenvalue weighted by atomic mass is 10.1. The number of pyridine rings is 2. The third kappa shape index (κ3) is 2.80. The zero-order valence-electron chi connectivity index (χ0n) is 16.5. The number of halogens is 1. The van der Waals surface area contributed by atoms with Crippen molar-refractivity contribution in [2.45, 2.75) is 0 Å². The molecule has 0 saturated carbocycles. The highest BCUT2D eigenvalue weighted by atomic mass is 19.1. The zero-order valence-corrected chi connectivity index (χ0v) is 16.5. The van der Waals surface area contributed by atoms with Crippen LogP contribution in [0.5, 0.6) is 0 Å². The molecule has 5 heterocycles. The van der Waals surface area contributed by atoms with Gasteiger partial charge in [0.05, 0.1) is 28.8 Å². The molecule has 0 spiro atoms. The normalized spacial score (nSPS) is 11.5. The molecule has 0 fully saturated rings. The van der Waals surface area contributed by atoms with E-state index in [9.17, 15) is 4.39 Å². The summed E-state index contributed by atoms with van der Waals surface area (Å²) in [7, 11) is 1.87. The Morgan fingerprint density at radius 2 is 1.90 bits per heavy atom. The third-order valence-electron chi connectivity index (χ3n) is 5.34. The summed E-state index contributed by atoms with van der Waals surface area (Å²) in [5.74, 6) is -0.307. The Hall–Kier alpha value is -4.33. The first-order chi connectivity index (χ1) is 15.2. The maximum absolute atomic E-state index is 14.4. The lowest BCUT2D eigenvalue weighted by Crippen LogP contribution is -1.87. The number of hydrogen-bond acceptors (Lipinski definition) is 4. The molecule has 0 bridgehead atoms. The summed E-state index contributed by atoms with van der Waals surface area (Å²) < 4.78 is 16.2. The molecule has 0 radical (unpaired) electrons. The van der Waals surface area contributed by atoms with Crippen LogP contribution in [0.25, 0.3) is 55.8 Å². The third-order valence-corrected chi connectivity index (χ3v) is 5.34. The SMILES string of the molecule is Cn1cc(-c2ccc3[nH]nc(-c4cc5c(-c6ccccc6F)nccc5[nH]4)c3n2)cn1.